The van der Waals surface area contributed by atoms with E-state index in [0.717, 1.165) is 131 Å². The number of nitrogens with zero attached hydrogens (tertiary/aromatic N) is 3. The molecule has 4 aromatic carbocycles. The van der Waals surface area contributed by atoms with Gasteiger partial charge in [0.2, 0.25) is 11.8 Å². The number of hydrogen-bond acceptors (Lipinski definition) is 8. The number of rotatable bonds is 26. The summed E-state index contributed by atoms with van der Waals surface area (Å²) in [5.41, 5.74) is 4.12. The van der Waals surface area contributed by atoms with Crippen LogP contribution in [0.2, 0.25) is 0 Å². The molecule has 0 saturated carbocycles. The van der Waals surface area contributed by atoms with Crippen LogP contribution >= 0.6 is 0 Å². The zero-order chi connectivity index (χ0) is 57.7. The van der Waals surface area contributed by atoms with Gasteiger partial charge in [-0.05, 0) is 144 Å². The molecule has 4 atom stereocenters. The van der Waals surface area contributed by atoms with E-state index in [1.54, 1.807) is 0 Å². The van der Waals surface area contributed by atoms with Gasteiger partial charge in [0.1, 0.15) is 36.8 Å². The zero-order valence-corrected chi connectivity index (χ0v) is 50.1. The first-order valence-corrected chi connectivity index (χ1v) is 30.1. The Kier molecular flexibility index (Phi) is 28.2. The van der Waals surface area contributed by atoms with Crippen molar-refractivity contribution in [1.29, 1.82) is 0 Å². The Bertz CT molecular complexity index is 2360. The van der Waals surface area contributed by atoms with Crippen molar-refractivity contribution in [3.8, 4) is 11.5 Å². The van der Waals surface area contributed by atoms with Gasteiger partial charge in [-0.3, -0.25) is 9.59 Å². The molecular formula is C66H99N7O7. The summed E-state index contributed by atoms with van der Waals surface area (Å²) in [6, 6.07) is 34.6. The van der Waals surface area contributed by atoms with Crippen LogP contribution in [0.3, 0.4) is 0 Å². The molecule has 4 N–H and O–H groups in total. The highest BCUT2D eigenvalue weighted by Crippen LogP contribution is 2.20. The fraction of sp³-hybridized carbons (Fsp3) is 0.576. The SMILES string of the molecule is CC(C)C[C@H](NC(=O)N1CCCCCC1)C(=O)N[C@H](COC(C)(C)C)Cc1ccc(OCc2ccccc2)cc1.CCN(CC)C[C@H](Cc1ccc(OCc2ccccc2)cc1)NC(=O)[C@H](CC(C)C)NC(=O)N1CCCCCC1. The fourth-order valence-electron chi connectivity index (χ4n) is 9.99. The number of benzene rings is 4. The Balaban J connectivity index is 0.000000294. The minimum absolute atomic E-state index is 0.0757. The van der Waals surface area contributed by atoms with Gasteiger partial charge >= 0.3 is 12.1 Å². The van der Waals surface area contributed by atoms with E-state index in [9.17, 15) is 19.2 Å². The van der Waals surface area contributed by atoms with Crippen LogP contribution in [0.15, 0.2) is 109 Å². The second kappa shape index (κ2) is 34.9. The molecule has 0 aliphatic carbocycles. The van der Waals surface area contributed by atoms with Gasteiger partial charge in [0.25, 0.3) is 0 Å². The van der Waals surface area contributed by atoms with Crippen molar-refractivity contribution in [2.45, 2.75) is 182 Å². The first kappa shape index (κ1) is 64.7. The molecule has 0 radical (unpaired) electrons. The summed E-state index contributed by atoms with van der Waals surface area (Å²) in [7, 11) is 0. The lowest BCUT2D eigenvalue weighted by atomic mass is 10.0. The van der Waals surface area contributed by atoms with Crippen molar-refractivity contribution < 1.29 is 33.4 Å². The van der Waals surface area contributed by atoms with Gasteiger partial charge in [0.05, 0.1) is 18.2 Å². The molecule has 2 saturated heterocycles. The average Bonchev–Trinajstić information content (AvgIpc) is 3.90. The average molecular weight is 1100 g/mol. The summed E-state index contributed by atoms with van der Waals surface area (Å²) in [6.45, 7) is 25.6. The predicted octanol–water partition coefficient (Wildman–Crippen LogP) is 11.7. The number of likely N-dealkylation sites (tertiary alicyclic amines) is 2. The van der Waals surface area contributed by atoms with E-state index in [2.05, 4.69) is 92.0 Å². The summed E-state index contributed by atoms with van der Waals surface area (Å²) in [5.74, 6) is 1.90. The molecule has 2 fully saturated rings. The quantitative estimate of drug-likeness (QED) is 0.0485. The molecule has 14 heteroatoms. The van der Waals surface area contributed by atoms with Crippen molar-refractivity contribution in [1.82, 2.24) is 36.0 Å². The van der Waals surface area contributed by atoms with Gasteiger partial charge in [-0.25, -0.2) is 9.59 Å². The number of amides is 6. The molecule has 2 aliphatic heterocycles. The molecular weight excluding hydrogens is 1000 g/mol. The third-order valence-electron chi connectivity index (χ3n) is 14.5. The van der Waals surface area contributed by atoms with E-state index in [4.69, 9.17) is 14.2 Å². The molecule has 2 aliphatic rings. The lowest BCUT2D eigenvalue weighted by molar-refractivity contribution is -0.125. The predicted molar refractivity (Wildman–Crippen MR) is 323 cm³/mol. The molecule has 0 aromatic heterocycles. The van der Waals surface area contributed by atoms with E-state index in [-0.39, 0.29) is 53.4 Å². The Labute approximate surface area is 480 Å². The summed E-state index contributed by atoms with van der Waals surface area (Å²) < 4.78 is 18.0. The van der Waals surface area contributed by atoms with Gasteiger partial charge in [-0.2, -0.15) is 0 Å². The van der Waals surface area contributed by atoms with Crippen molar-refractivity contribution in [3.63, 3.8) is 0 Å². The highest BCUT2D eigenvalue weighted by molar-refractivity contribution is 5.88. The first-order chi connectivity index (χ1) is 38.5. The van der Waals surface area contributed by atoms with Crippen LogP contribution in [-0.4, -0.2) is 121 Å². The lowest BCUT2D eigenvalue weighted by Gasteiger charge is -2.30. The van der Waals surface area contributed by atoms with Crippen LogP contribution in [0.5, 0.6) is 11.5 Å². The lowest BCUT2D eigenvalue weighted by Crippen LogP contribution is -2.55. The van der Waals surface area contributed by atoms with Crippen LogP contribution < -0.4 is 30.7 Å². The molecule has 0 unspecified atom stereocenters. The number of carbonyl (C=O) groups excluding carboxylic acids is 4. The van der Waals surface area contributed by atoms with Gasteiger partial charge < -0.3 is 50.2 Å². The first-order valence-electron chi connectivity index (χ1n) is 30.1. The number of ether oxygens (including phenoxy) is 3. The normalized spacial score (nSPS) is 15.6. The summed E-state index contributed by atoms with van der Waals surface area (Å²) in [5, 5.41) is 12.6. The van der Waals surface area contributed by atoms with Gasteiger partial charge in [-0.1, -0.05) is 152 Å². The van der Waals surface area contributed by atoms with Crippen LogP contribution in [0, 0.1) is 11.8 Å². The second-order valence-corrected chi connectivity index (χ2v) is 23.6. The number of urea groups is 2. The Morgan fingerprint density at radius 2 is 0.875 bits per heavy atom. The number of carbonyl (C=O) groups is 4. The fourth-order valence-corrected chi connectivity index (χ4v) is 9.99. The molecule has 4 aromatic rings. The van der Waals surface area contributed by atoms with Crippen LogP contribution in [0.4, 0.5) is 9.59 Å². The van der Waals surface area contributed by atoms with Gasteiger partial charge in [-0.15, -0.1) is 0 Å². The Morgan fingerprint density at radius 1 is 0.500 bits per heavy atom. The summed E-state index contributed by atoms with van der Waals surface area (Å²) >= 11 is 0. The number of nitrogens with one attached hydrogen (secondary N) is 4. The maximum atomic E-state index is 13.6. The zero-order valence-electron chi connectivity index (χ0n) is 50.1. The second-order valence-electron chi connectivity index (χ2n) is 23.6. The maximum Gasteiger partial charge on any atom is 0.318 e. The molecule has 0 spiro atoms. The Hall–Kier alpha value is -6.12. The highest BCUT2D eigenvalue weighted by atomic mass is 16.5. The van der Waals surface area contributed by atoms with E-state index in [1.807, 2.05) is 116 Å². The van der Waals surface area contributed by atoms with Crippen molar-refractivity contribution >= 4 is 23.9 Å². The van der Waals surface area contributed by atoms with Crippen molar-refractivity contribution in [2.24, 2.45) is 11.8 Å². The summed E-state index contributed by atoms with van der Waals surface area (Å²) in [6.07, 6.45) is 11.2. The van der Waals surface area contributed by atoms with Crippen molar-refractivity contribution in [3.05, 3.63) is 131 Å². The minimum Gasteiger partial charge on any atom is -0.489 e. The van der Waals surface area contributed by atoms with Gasteiger partial charge in [0.15, 0.2) is 0 Å². The molecule has 6 rings (SSSR count). The molecule has 6 amide bonds. The minimum atomic E-state index is -0.596. The smallest absolute Gasteiger partial charge is 0.318 e. The third-order valence-corrected chi connectivity index (χ3v) is 14.5. The van der Waals surface area contributed by atoms with Crippen LogP contribution in [0.1, 0.15) is 149 Å². The molecule has 0 bridgehead atoms. The molecule has 440 valence electrons. The van der Waals surface area contributed by atoms with E-state index in [0.29, 0.717) is 45.5 Å². The molecule has 80 heavy (non-hydrogen) atoms. The van der Waals surface area contributed by atoms with Gasteiger partial charge in [0, 0.05) is 38.8 Å². The van der Waals surface area contributed by atoms with E-state index in [1.165, 1.54) is 0 Å². The summed E-state index contributed by atoms with van der Waals surface area (Å²) in [4.78, 5) is 59.4. The number of likely N-dealkylation sites (N-methyl/N-ethyl adjacent to an activating group) is 1. The van der Waals surface area contributed by atoms with Crippen molar-refractivity contribution in [2.75, 3.05) is 52.4 Å². The highest BCUT2D eigenvalue weighted by Gasteiger charge is 2.30. The Morgan fingerprint density at radius 3 is 1.24 bits per heavy atom. The van der Waals surface area contributed by atoms with Crippen LogP contribution in [-0.2, 0) is 40.4 Å². The van der Waals surface area contributed by atoms with E-state index < -0.39 is 12.1 Å². The monoisotopic (exact) mass is 1100 g/mol. The van der Waals surface area contributed by atoms with Crippen LogP contribution in [0.25, 0.3) is 0 Å². The molecule has 14 nitrogen and oxygen atoms in total. The number of hydrogen-bond donors (Lipinski definition) is 4. The third kappa shape index (κ3) is 25.1. The topological polar surface area (TPSA) is 154 Å². The maximum absolute atomic E-state index is 13.6. The standard InChI is InChI=1S/C33H50N4O3.C33H49N3O4/c1-5-36(6-2)24-29(23-27-16-18-30(19-17-27)40-25-28-14-10-9-11-15-28)34-32(38)31(22-26(3)4)35-33(39)37-20-12-7-8-13-21-37;1-25(2)21-30(35-32(38)36-19-11-6-7-12-20-36)31(37)34-28(24-40-33(3,4)5)22-26-15-17-29(18-16-26)39-23-27-13-9-8-10-14-27/h9-11,14-19,26,29,31H,5-8,12-13,20-25H2,1-4H3,(H,34,38)(H,35,39);8-10,13-18,25,28,30H,6-7,11-12,19-24H2,1-5H3,(H,34,37)(H,35,38)/t29-,31-;28-,30-/m00/s1. The molecule has 2 heterocycles. The largest absolute Gasteiger partial charge is 0.489 e. The van der Waals surface area contributed by atoms with E-state index >= 15 is 0 Å².